The zero-order valence-corrected chi connectivity index (χ0v) is 17.8. The lowest BCUT2D eigenvalue weighted by Gasteiger charge is -2.13. The fourth-order valence-corrected chi connectivity index (χ4v) is 3.47. The Bertz CT molecular complexity index is 993. The minimum atomic E-state index is -3.74. The Labute approximate surface area is 174 Å². The van der Waals surface area contributed by atoms with Crippen molar-refractivity contribution in [1.82, 2.24) is 9.71 Å². The molecule has 0 aliphatic carbocycles. The fourth-order valence-electron chi connectivity index (χ4n) is 2.24. The number of carbonyl (C=O) groups is 2. The molecule has 1 aromatic carbocycles. The number of carbonyl (C=O) groups excluding carboxylic acids is 2. The molecule has 1 atom stereocenters. The maximum absolute atomic E-state index is 12.3. The lowest BCUT2D eigenvalue weighted by molar-refractivity contribution is -0.152. The summed E-state index contributed by atoms with van der Waals surface area (Å²) in [5.74, 6) is -1.01. The van der Waals surface area contributed by atoms with Crippen molar-refractivity contribution in [3.05, 3.63) is 52.7 Å². The van der Waals surface area contributed by atoms with E-state index in [0.29, 0.717) is 5.02 Å². The van der Waals surface area contributed by atoms with Gasteiger partial charge < -0.3 is 10.1 Å². The average Bonchev–Trinajstić information content (AvgIpc) is 2.65. The van der Waals surface area contributed by atoms with Crippen molar-refractivity contribution < 1.29 is 22.7 Å². The molecule has 0 aliphatic heterocycles. The molecule has 2 rings (SSSR count). The van der Waals surface area contributed by atoms with Crippen LogP contribution in [0.4, 0.5) is 5.82 Å². The van der Waals surface area contributed by atoms with E-state index in [-0.39, 0.29) is 23.7 Å². The summed E-state index contributed by atoms with van der Waals surface area (Å²) in [5.41, 5.74) is 1.83. The largest absolute Gasteiger partial charge is 0.452 e. The predicted octanol–water partition coefficient (Wildman–Crippen LogP) is 2.59. The van der Waals surface area contributed by atoms with Gasteiger partial charge in [0.2, 0.25) is 10.0 Å². The van der Waals surface area contributed by atoms with Crippen molar-refractivity contribution in [2.45, 2.75) is 38.2 Å². The smallest absolute Gasteiger partial charge is 0.307 e. The van der Waals surface area contributed by atoms with Crippen LogP contribution < -0.4 is 10.0 Å². The Hall–Kier alpha value is -2.49. The van der Waals surface area contributed by atoms with E-state index in [1.165, 1.54) is 25.3 Å². The van der Waals surface area contributed by atoms with Gasteiger partial charge in [-0.2, -0.15) is 0 Å². The summed E-state index contributed by atoms with van der Waals surface area (Å²) in [7, 11) is -3.74. The number of anilines is 1. The number of aromatic nitrogens is 1. The maximum atomic E-state index is 12.3. The van der Waals surface area contributed by atoms with E-state index in [0.717, 1.165) is 11.1 Å². The highest BCUT2D eigenvalue weighted by Gasteiger charge is 2.19. The maximum Gasteiger partial charge on any atom is 0.307 e. The Kier molecular flexibility index (Phi) is 7.72. The molecule has 10 heteroatoms. The molecule has 1 aromatic heterocycles. The number of benzene rings is 1. The summed E-state index contributed by atoms with van der Waals surface area (Å²) in [6, 6.07) is 7.85. The topological polar surface area (TPSA) is 114 Å². The normalized spacial score (nSPS) is 12.3. The molecule has 0 bridgehead atoms. The molecule has 1 amide bonds. The summed E-state index contributed by atoms with van der Waals surface area (Å²) in [5, 5.41) is 2.91. The molecule has 0 saturated heterocycles. The minimum Gasteiger partial charge on any atom is -0.452 e. The number of hydrogen-bond donors (Lipinski definition) is 2. The van der Waals surface area contributed by atoms with Crippen molar-refractivity contribution in [3.8, 4) is 0 Å². The second-order valence-electron chi connectivity index (χ2n) is 6.38. The number of rotatable bonds is 8. The molecule has 0 aliphatic rings. The molecule has 0 radical (unpaired) electrons. The van der Waals surface area contributed by atoms with E-state index in [2.05, 4.69) is 15.0 Å². The van der Waals surface area contributed by atoms with Crippen LogP contribution in [0.2, 0.25) is 5.02 Å². The first-order valence-corrected chi connectivity index (χ1v) is 10.6. The Balaban J connectivity index is 1.81. The number of hydrogen-bond acceptors (Lipinski definition) is 6. The van der Waals surface area contributed by atoms with Crippen LogP contribution in [0.15, 0.2) is 41.4 Å². The summed E-state index contributed by atoms with van der Waals surface area (Å²) in [4.78, 5) is 28.0. The van der Waals surface area contributed by atoms with E-state index in [4.69, 9.17) is 16.3 Å². The number of aryl methyl sites for hydroxylation is 2. The molecule has 8 nitrogen and oxygen atoms in total. The van der Waals surface area contributed by atoms with Gasteiger partial charge in [-0.05, 0) is 56.2 Å². The molecule has 2 N–H and O–H groups in total. The SMILES string of the molecule is Cc1ccc(S(=O)(=O)NCCC(=O)O[C@@H](C)C(=O)Nc2ccc(Cl)cn2)cc1C. The number of nitrogens with one attached hydrogen (secondary N) is 2. The standard InChI is InChI=1S/C19H22ClN3O5S/c1-12-4-6-16(10-13(12)2)29(26,27)22-9-8-18(24)28-14(3)19(25)23-17-7-5-15(20)11-21-17/h4-7,10-11,14,22H,8-9H2,1-3H3,(H,21,23,25)/t14-/m0/s1. The number of amides is 1. The van der Waals surface area contributed by atoms with Crippen molar-refractivity contribution in [2.24, 2.45) is 0 Å². The first-order valence-electron chi connectivity index (χ1n) is 8.77. The molecule has 2 aromatic rings. The van der Waals surface area contributed by atoms with Crippen molar-refractivity contribution >= 4 is 39.3 Å². The van der Waals surface area contributed by atoms with Gasteiger partial charge in [-0.3, -0.25) is 9.59 Å². The predicted molar refractivity (Wildman–Crippen MR) is 109 cm³/mol. The molecular weight excluding hydrogens is 418 g/mol. The van der Waals surface area contributed by atoms with Gasteiger partial charge in [0.15, 0.2) is 6.10 Å². The van der Waals surface area contributed by atoms with Gasteiger partial charge in [0, 0.05) is 12.7 Å². The van der Waals surface area contributed by atoms with Gasteiger partial charge in [-0.25, -0.2) is 18.1 Å². The first-order chi connectivity index (χ1) is 13.6. The third kappa shape index (κ3) is 6.81. The molecule has 156 valence electrons. The second kappa shape index (κ2) is 9.82. The highest BCUT2D eigenvalue weighted by molar-refractivity contribution is 7.89. The van der Waals surface area contributed by atoms with Gasteiger partial charge in [0.25, 0.3) is 5.91 Å². The van der Waals surface area contributed by atoms with Crippen LogP contribution in [0.3, 0.4) is 0 Å². The number of pyridine rings is 1. The van der Waals surface area contributed by atoms with Crippen molar-refractivity contribution in [3.63, 3.8) is 0 Å². The summed E-state index contributed by atoms with van der Waals surface area (Å²) in [6.07, 6.45) is 0.0764. The number of sulfonamides is 1. The number of esters is 1. The van der Waals surface area contributed by atoms with Crippen LogP contribution >= 0.6 is 11.6 Å². The minimum absolute atomic E-state index is 0.122. The van der Waals surface area contributed by atoms with Crippen LogP contribution in [0, 0.1) is 13.8 Å². The van der Waals surface area contributed by atoms with Crippen LogP contribution in [-0.4, -0.2) is 37.9 Å². The Morgan fingerprint density at radius 2 is 1.90 bits per heavy atom. The van der Waals surface area contributed by atoms with Crippen LogP contribution in [0.5, 0.6) is 0 Å². The van der Waals surface area contributed by atoms with Gasteiger partial charge in [0.1, 0.15) is 5.82 Å². The monoisotopic (exact) mass is 439 g/mol. The third-order valence-electron chi connectivity index (χ3n) is 4.07. The zero-order valence-electron chi connectivity index (χ0n) is 16.2. The van der Waals surface area contributed by atoms with Crippen molar-refractivity contribution in [1.29, 1.82) is 0 Å². The molecule has 1 heterocycles. The molecule has 0 unspecified atom stereocenters. The Morgan fingerprint density at radius 1 is 1.17 bits per heavy atom. The van der Waals surface area contributed by atoms with Crippen molar-refractivity contribution in [2.75, 3.05) is 11.9 Å². The summed E-state index contributed by atoms with van der Waals surface area (Å²) >= 11 is 5.72. The number of nitrogens with zero attached hydrogens (tertiary/aromatic N) is 1. The van der Waals surface area contributed by atoms with Gasteiger partial charge in [-0.1, -0.05) is 17.7 Å². The lowest BCUT2D eigenvalue weighted by atomic mass is 10.1. The lowest BCUT2D eigenvalue weighted by Crippen LogP contribution is -2.32. The van der Waals surface area contributed by atoms with E-state index in [1.807, 2.05) is 13.8 Å². The highest BCUT2D eigenvalue weighted by Crippen LogP contribution is 2.14. The van der Waals surface area contributed by atoms with E-state index >= 15 is 0 Å². The van der Waals surface area contributed by atoms with Gasteiger partial charge >= 0.3 is 5.97 Å². The van der Waals surface area contributed by atoms with Crippen LogP contribution in [-0.2, 0) is 24.3 Å². The molecular formula is C19H22ClN3O5S. The number of ether oxygens (including phenoxy) is 1. The molecule has 0 saturated carbocycles. The first kappa shape index (κ1) is 22.8. The number of halogens is 1. The Morgan fingerprint density at radius 3 is 2.52 bits per heavy atom. The quantitative estimate of drug-likeness (QED) is 0.611. The van der Waals surface area contributed by atoms with E-state index in [1.54, 1.807) is 18.2 Å². The molecule has 29 heavy (non-hydrogen) atoms. The van der Waals surface area contributed by atoms with Crippen LogP contribution in [0.1, 0.15) is 24.5 Å². The van der Waals surface area contributed by atoms with Gasteiger partial charge in [-0.15, -0.1) is 0 Å². The van der Waals surface area contributed by atoms with Crippen LogP contribution in [0.25, 0.3) is 0 Å². The highest BCUT2D eigenvalue weighted by atomic mass is 35.5. The molecule has 0 spiro atoms. The van der Waals surface area contributed by atoms with Gasteiger partial charge in [0.05, 0.1) is 16.3 Å². The summed E-state index contributed by atoms with van der Waals surface area (Å²) < 4.78 is 32.0. The van der Waals surface area contributed by atoms with E-state index in [9.17, 15) is 18.0 Å². The third-order valence-corrected chi connectivity index (χ3v) is 5.75. The second-order valence-corrected chi connectivity index (χ2v) is 8.58. The molecule has 0 fully saturated rings. The fraction of sp³-hybridized carbons (Fsp3) is 0.316. The van der Waals surface area contributed by atoms with E-state index < -0.39 is 28.0 Å². The average molecular weight is 440 g/mol. The summed E-state index contributed by atoms with van der Waals surface area (Å²) in [6.45, 7) is 4.96. The zero-order chi connectivity index (χ0) is 21.6.